The number of amides is 1. The Morgan fingerprint density at radius 1 is 1.38 bits per heavy atom. The predicted octanol–water partition coefficient (Wildman–Crippen LogP) is 1.18. The van der Waals surface area contributed by atoms with E-state index in [4.69, 9.17) is 4.74 Å². The number of pyridine rings is 1. The van der Waals surface area contributed by atoms with Crippen molar-refractivity contribution in [3.8, 4) is 0 Å². The number of likely N-dealkylation sites (N-methyl/N-ethyl adjacent to an activating group) is 1. The number of ether oxygens (including phenoxy) is 1. The van der Waals surface area contributed by atoms with E-state index in [1.54, 1.807) is 19.5 Å². The maximum atomic E-state index is 12.4. The molecule has 2 atom stereocenters. The summed E-state index contributed by atoms with van der Waals surface area (Å²) >= 11 is 0. The first kappa shape index (κ1) is 16.6. The normalized spacial score (nSPS) is 21.1. The van der Waals surface area contributed by atoms with Crippen molar-refractivity contribution in [2.75, 3.05) is 26.0 Å². The van der Waals surface area contributed by atoms with Crippen molar-refractivity contribution in [3.63, 3.8) is 0 Å². The quantitative estimate of drug-likeness (QED) is 0.861. The minimum atomic E-state index is -0.170. The SMILES string of the molecule is CO[C@H]1C[C@@H](C(=O)Nc2ccn(CCc3ccncc3)n2)N(C)C1. The van der Waals surface area contributed by atoms with Crippen molar-refractivity contribution in [2.45, 2.75) is 31.5 Å². The van der Waals surface area contributed by atoms with Gasteiger partial charge >= 0.3 is 0 Å². The number of hydrogen-bond acceptors (Lipinski definition) is 5. The van der Waals surface area contributed by atoms with E-state index in [1.165, 1.54) is 5.56 Å². The standard InChI is InChI=1S/C17H23N5O2/c1-21-12-14(24-2)11-15(21)17(23)19-16-6-10-22(20-16)9-5-13-3-7-18-8-4-13/h3-4,6-8,10,14-15H,5,9,11-12H2,1-2H3,(H,19,20,23)/t14-,15-/m0/s1. The van der Waals surface area contributed by atoms with Crippen molar-refractivity contribution < 1.29 is 9.53 Å². The van der Waals surface area contributed by atoms with E-state index < -0.39 is 0 Å². The molecule has 1 N–H and O–H groups in total. The monoisotopic (exact) mass is 329 g/mol. The van der Waals surface area contributed by atoms with Gasteiger partial charge in [-0.25, -0.2) is 0 Å². The van der Waals surface area contributed by atoms with Gasteiger partial charge in [-0.3, -0.25) is 19.4 Å². The zero-order chi connectivity index (χ0) is 16.9. The molecule has 2 aromatic heterocycles. The van der Waals surface area contributed by atoms with Gasteiger partial charge in [-0.2, -0.15) is 5.10 Å². The second-order valence-electron chi connectivity index (χ2n) is 6.11. The number of hydrogen-bond donors (Lipinski definition) is 1. The molecule has 0 aliphatic carbocycles. The lowest BCUT2D eigenvalue weighted by molar-refractivity contribution is -0.120. The Labute approximate surface area is 141 Å². The summed E-state index contributed by atoms with van der Waals surface area (Å²) in [5.41, 5.74) is 1.21. The highest BCUT2D eigenvalue weighted by Gasteiger charge is 2.34. The number of nitrogens with zero attached hydrogens (tertiary/aromatic N) is 4. The summed E-state index contributed by atoms with van der Waals surface area (Å²) in [6.07, 6.45) is 7.15. The molecule has 24 heavy (non-hydrogen) atoms. The van der Waals surface area contributed by atoms with E-state index in [0.717, 1.165) is 19.5 Å². The third-order valence-corrected chi connectivity index (χ3v) is 4.42. The number of aromatic nitrogens is 3. The summed E-state index contributed by atoms with van der Waals surface area (Å²) in [5, 5.41) is 7.32. The van der Waals surface area contributed by atoms with Crippen LogP contribution < -0.4 is 5.32 Å². The first-order valence-corrected chi connectivity index (χ1v) is 8.12. The summed E-state index contributed by atoms with van der Waals surface area (Å²) < 4.78 is 7.18. The summed E-state index contributed by atoms with van der Waals surface area (Å²) in [4.78, 5) is 18.4. The van der Waals surface area contributed by atoms with Crippen LogP contribution in [0.15, 0.2) is 36.8 Å². The van der Waals surface area contributed by atoms with Crippen LogP contribution in [0, 0.1) is 0 Å². The van der Waals surface area contributed by atoms with Crippen LogP contribution in [0.3, 0.4) is 0 Å². The van der Waals surface area contributed by atoms with Crippen LogP contribution in [0.25, 0.3) is 0 Å². The lowest BCUT2D eigenvalue weighted by Crippen LogP contribution is -2.37. The Bertz CT molecular complexity index is 673. The lowest BCUT2D eigenvalue weighted by Gasteiger charge is -2.17. The number of anilines is 1. The van der Waals surface area contributed by atoms with Gasteiger partial charge < -0.3 is 10.1 Å². The van der Waals surface area contributed by atoms with Crippen LogP contribution in [0.4, 0.5) is 5.82 Å². The summed E-state index contributed by atoms with van der Waals surface area (Å²) in [5.74, 6) is 0.556. The molecule has 1 aliphatic rings. The second kappa shape index (κ2) is 7.55. The number of likely N-dealkylation sites (tertiary alicyclic amines) is 1. The minimum absolute atomic E-state index is 0.0311. The van der Waals surface area contributed by atoms with Gasteiger partial charge in [0, 0.05) is 44.9 Å². The van der Waals surface area contributed by atoms with E-state index in [-0.39, 0.29) is 18.1 Å². The van der Waals surface area contributed by atoms with Crippen molar-refractivity contribution >= 4 is 11.7 Å². The highest BCUT2D eigenvalue weighted by atomic mass is 16.5. The van der Waals surface area contributed by atoms with Crippen LogP contribution in [-0.2, 0) is 22.5 Å². The molecule has 0 saturated carbocycles. The average molecular weight is 329 g/mol. The highest BCUT2D eigenvalue weighted by molar-refractivity contribution is 5.94. The Hall–Kier alpha value is -2.25. The molecule has 1 fully saturated rings. The fraction of sp³-hybridized carbons (Fsp3) is 0.471. The van der Waals surface area contributed by atoms with Crippen LogP contribution in [0.1, 0.15) is 12.0 Å². The average Bonchev–Trinajstić information content (AvgIpc) is 3.20. The van der Waals surface area contributed by atoms with Gasteiger partial charge in [-0.05, 0) is 37.6 Å². The smallest absolute Gasteiger partial charge is 0.243 e. The second-order valence-corrected chi connectivity index (χ2v) is 6.11. The summed E-state index contributed by atoms with van der Waals surface area (Å²) in [7, 11) is 3.62. The Kier molecular flexibility index (Phi) is 5.22. The third-order valence-electron chi connectivity index (χ3n) is 4.42. The largest absolute Gasteiger partial charge is 0.380 e. The van der Waals surface area contributed by atoms with Crippen molar-refractivity contribution in [3.05, 3.63) is 42.4 Å². The van der Waals surface area contributed by atoms with Gasteiger partial charge in [0.2, 0.25) is 5.91 Å². The van der Waals surface area contributed by atoms with E-state index >= 15 is 0 Å². The van der Waals surface area contributed by atoms with Gasteiger partial charge in [0.15, 0.2) is 5.82 Å². The molecule has 3 heterocycles. The van der Waals surface area contributed by atoms with Crippen molar-refractivity contribution in [1.82, 2.24) is 19.7 Å². The Balaban J connectivity index is 1.53. The lowest BCUT2D eigenvalue weighted by atomic mass is 10.2. The van der Waals surface area contributed by atoms with Crippen LogP contribution in [0.5, 0.6) is 0 Å². The molecule has 128 valence electrons. The molecule has 1 amide bonds. The topological polar surface area (TPSA) is 72.3 Å². The number of aryl methyl sites for hydroxylation is 2. The molecular formula is C17H23N5O2. The predicted molar refractivity (Wildman–Crippen MR) is 90.6 cm³/mol. The summed E-state index contributed by atoms with van der Waals surface area (Å²) in [6.45, 7) is 1.53. The number of methoxy groups -OCH3 is 1. The number of carbonyl (C=O) groups is 1. The molecule has 0 unspecified atom stereocenters. The highest BCUT2D eigenvalue weighted by Crippen LogP contribution is 2.19. The van der Waals surface area contributed by atoms with Crippen LogP contribution in [-0.4, -0.2) is 58.4 Å². The number of carbonyl (C=O) groups excluding carboxylic acids is 1. The molecule has 0 radical (unpaired) electrons. The molecule has 2 aromatic rings. The zero-order valence-corrected chi connectivity index (χ0v) is 14.1. The fourth-order valence-electron chi connectivity index (χ4n) is 2.99. The molecule has 3 rings (SSSR count). The Morgan fingerprint density at radius 3 is 2.88 bits per heavy atom. The maximum Gasteiger partial charge on any atom is 0.243 e. The van der Waals surface area contributed by atoms with Gasteiger partial charge in [0.25, 0.3) is 0 Å². The summed E-state index contributed by atoms with van der Waals surface area (Å²) in [6, 6.07) is 5.65. The molecule has 7 nitrogen and oxygen atoms in total. The van der Waals surface area contributed by atoms with Crippen LogP contribution >= 0.6 is 0 Å². The van der Waals surface area contributed by atoms with Gasteiger partial charge in [-0.15, -0.1) is 0 Å². The van der Waals surface area contributed by atoms with Gasteiger partial charge in [0.1, 0.15) is 0 Å². The van der Waals surface area contributed by atoms with Crippen molar-refractivity contribution in [1.29, 1.82) is 0 Å². The Morgan fingerprint density at radius 2 is 2.17 bits per heavy atom. The molecule has 0 bridgehead atoms. The first-order valence-electron chi connectivity index (χ1n) is 8.12. The van der Waals surface area contributed by atoms with E-state index in [9.17, 15) is 4.79 Å². The van der Waals surface area contributed by atoms with Gasteiger partial charge in [-0.1, -0.05) is 0 Å². The fourth-order valence-corrected chi connectivity index (χ4v) is 2.99. The number of nitrogens with one attached hydrogen (secondary N) is 1. The molecular weight excluding hydrogens is 306 g/mol. The number of rotatable bonds is 6. The van der Waals surface area contributed by atoms with E-state index in [2.05, 4.69) is 15.4 Å². The van der Waals surface area contributed by atoms with Crippen LogP contribution in [0.2, 0.25) is 0 Å². The first-order chi connectivity index (χ1) is 11.7. The molecule has 7 heteroatoms. The molecule has 1 aliphatic heterocycles. The minimum Gasteiger partial charge on any atom is -0.380 e. The zero-order valence-electron chi connectivity index (χ0n) is 14.1. The molecule has 0 aromatic carbocycles. The third kappa shape index (κ3) is 3.98. The molecule has 1 saturated heterocycles. The maximum absolute atomic E-state index is 12.4. The van der Waals surface area contributed by atoms with Gasteiger partial charge in [0.05, 0.1) is 12.1 Å². The van der Waals surface area contributed by atoms with E-state index in [0.29, 0.717) is 12.2 Å². The molecule has 0 spiro atoms. The van der Waals surface area contributed by atoms with E-state index in [1.807, 2.05) is 41.0 Å². The van der Waals surface area contributed by atoms with Crippen molar-refractivity contribution in [2.24, 2.45) is 0 Å².